The molecule has 0 saturated carbocycles. The zero-order valence-corrected chi connectivity index (χ0v) is 13.2. The molecule has 0 radical (unpaired) electrons. The van der Waals surface area contributed by atoms with Gasteiger partial charge in [0, 0.05) is 4.47 Å². The molecule has 17 heavy (non-hydrogen) atoms. The van der Waals surface area contributed by atoms with Crippen molar-refractivity contribution in [2.45, 2.75) is 39.5 Å². The highest BCUT2D eigenvalue weighted by Gasteiger charge is 2.28. The van der Waals surface area contributed by atoms with E-state index in [1.807, 2.05) is 25.1 Å². The van der Waals surface area contributed by atoms with Crippen LogP contribution in [0.25, 0.3) is 0 Å². The Morgan fingerprint density at radius 1 is 1.35 bits per heavy atom. The molecule has 0 aromatic heterocycles. The first-order chi connectivity index (χ1) is 7.92. The summed E-state index contributed by atoms with van der Waals surface area (Å²) >= 11 is 10.1. The van der Waals surface area contributed by atoms with E-state index in [1.165, 1.54) is 0 Å². The van der Waals surface area contributed by atoms with Crippen LogP contribution in [0.5, 0.6) is 5.75 Å². The van der Waals surface area contributed by atoms with Gasteiger partial charge < -0.3 is 4.74 Å². The molecular formula is C14H20BrClO. The van der Waals surface area contributed by atoms with E-state index in [0.717, 1.165) is 22.2 Å². The Morgan fingerprint density at radius 2 is 2.00 bits per heavy atom. The largest absolute Gasteiger partial charge is 0.494 e. The lowest BCUT2D eigenvalue weighted by molar-refractivity contribution is 0.332. The SMILES string of the molecule is CCOc1ccc(C(Cl)C(C)(C)CC)c(Br)c1. The first-order valence-corrected chi connectivity index (χ1v) is 7.21. The molecule has 0 fully saturated rings. The number of hydrogen-bond acceptors (Lipinski definition) is 1. The first kappa shape index (κ1) is 14.8. The zero-order valence-electron chi connectivity index (χ0n) is 10.9. The number of rotatable bonds is 5. The lowest BCUT2D eigenvalue weighted by atomic mass is 9.83. The normalized spacial score (nSPS) is 13.5. The van der Waals surface area contributed by atoms with E-state index in [0.29, 0.717) is 6.61 Å². The lowest BCUT2D eigenvalue weighted by Gasteiger charge is -2.29. The quantitative estimate of drug-likeness (QED) is 0.645. The molecule has 0 saturated heterocycles. The minimum absolute atomic E-state index is 0.00227. The Hall–Kier alpha value is -0.210. The minimum Gasteiger partial charge on any atom is -0.494 e. The standard InChI is InChI=1S/C14H20BrClO/c1-5-14(3,4)13(16)11-8-7-10(17-6-2)9-12(11)15/h7-9,13H,5-6H2,1-4H3. The topological polar surface area (TPSA) is 9.23 Å². The van der Waals surface area contributed by atoms with Crippen molar-refractivity contribution >= 4 is 27.5 Å². The molecule has 0 bridgehead atoms. The predicted molar refractivity (Wildman–Crippen MR) is 78.0 cm³/mol. The fourth-order valence-electron chi connectivity index (χ4n) is 1.57. The van der Waals surface area contributed by atoms with E-state index in [2.05, 4.69) is 36.7 Å². The van der Waals surface area contributed by atoms with Gasteiger partial charge in [-0.1, -0.05) is 42.8 Å². The van der Waals surface area contributed by atoms with Crippen molar-refractivity contribution in [3.8, 4) is 5.75 Å². The number of benzene rings is 1. The van der Waals surface area contributed by atoms with E-state index in [9.17, 15) is 0 Å². The Kier molecular flexibility index (Phi) is 5.33. The van der Waals surface area contributed by atoms with E-state index in [1.54, 1.807) is 0 Å². The molecule has 96 valence electrons. The van der Waals surface area contributed by atoms with Crippen LogP contribution in [0.1, 0.15) is 45.1 Å². The molecule has 0 aliphatic heterocycles. The Labute approximate surface area is 118 Å². The first-order valence-electron chi connectivity index (χ1n) is 5.98. The second kappa shape index (κ2) is 6.10. The highest BCUT2D eigenvalue weighted by Crippen LogP contribution is 2.44. The van der Waals surface area contributed by atoms with Gasteiger partial charge in [-0.2, -0.15) is 0 Å². The van der Waals surface area contributed by atoms with E-state index in [4.69, 9.17) is 16.3 Å². The fourth-order valence-corrected chi connectivity index (χ4v) is 2.63. The molecule has 1 aromatic carbocycles. The molecule has 0 N–H and O–H groups in total. The van der Waals surface area contributed by atoms with E-state index < -0.39 is 0 Å². The minimum atomic E-state index is -0.00227. The summed E-state index contributed by atoms with van der Waals surface area (Å²) in [6.45, 7) is 9.20. The number of ether oxygens (including phenoxy) is 1. The number of alkyl halides is 1. The summed E-state index contributed by atoms with van der Waals surface area (Å²) in [5.74, 6) is 0.876. The van der Waals surface area contributed by atoms with Crippen LogP contribution in [0.3, 0.4) is 0 Å². The van der Waals surface area contributed by atoms with Gasteiger partial charge in [-0.3, -0.25) is 0 Å². The molecule has 1 atom stereocenters. The third kappa shape index (κ3) is 3.62. The molecule has 0 aliphatic carbocycles. The van der Waals surface area contributed by atoms with Gasteiger partial charge in [-0.25, -0.2) is 0 Å². The third-order valence-corrected chi connectivity index (χ3v) is 4.67. The third-order valence-electron chi connectivity index (χ3n) is 3.15. The van der Waals surface area contributed by atoms with Crippen molar-refractivity contribution in [1.82, 2.24) is 0 Å². The monoisotopic (exact) mass is 318 g/mol. The maximum atomic E-state index is 6.56. The summed E-state index contributed by atoms with van der Waals surface area (Å²) in [4.78, 5) is 0. The van der Waals surface area contributed by atoms with Crippen LogP contribution in [-0.2, 0) is 0 Å². The maximum absolute atomic E-state index is 6.56. The van der Waals surface area contributed by atoms with Crippen LogP contribution in [0.2, 0.25) is 0 Å². The molecule has 3 heteroatoms. The van der Waals surface area contributed by atoms with Gasteiger partial charge in [-0.15, -0.1) is 11.6 Å². The number of halogens is 2. The maximum Gasteiger partial charge on any atom is 0.120 e. The van der Waals surface area contributed by atoms with Gasteiger partial charge in [-0.05, 0) is 36.5 Å². The predicted octanol–water partition coefficient (Wildman–Crippen LogP) is 5.56. The van der Waals surface area contributed by atoms with Gasteiger partial charge >= 0.3 is 0 Å². The zero-order chi connectivity index (χ0) is 13.1. The summed E-state index contributed by atoms with van der Waals surface area (Å²) in [6.07, 6.45) is 1.04. The Morgan fingerprint density at radius 3 is 2.47 bits per heavy atom. The van der Waals surface area contributed by atoms with Crippen molar-refractivity contribution in [2.24, 2.45) is 5.41 Å². The molecule has 1 nitrogen and oxygen atoms in total. The van der Waals surface area contributed by atoms with E-state index in [-0.39, 0.29) is 10.8 Å². The summed E-state index contributed by atoms with van der Waals surface area (Å²) in [5.41, 5.74) is 1.21. The van der Waals surface area contributed by atoms with Gasteiger partial charge in [0.15, 0.2) is 0 Å². The van der Waals surface area contributed by atoms with Crippen LogP contribution < -0.4 is 4.74 Å². The van der Waals surface area contributed by atoms with Crippen LogP contribution in [0.15, 0.2) is 22.7 Å². The molecule has 1 unspecified atom stereocenters. The smallest absolute Gasteiger partial charge is 0.120 e. The average molecular weight is 320 g/mol. The fraction of sp³-hybridized carbons (Fsp3) is 0.571. The van der Waals surface area contributed by atoms with Crippen molar-refractivity contribution in [3.63, 3.8) is 0 Å². The Balaban J connectivity index is 2.99. The number of hydrogen-bond donors (Lipinski definition) is 0. The molecule has 0 heterocycles. The van der Waals surface area contributed by atoms with Crippen LogP contribution >= 0.6 is 27.5 Å². The Bertz CT molecular complexity index is 376. The van der Waals surface area contributed by atoms with Gasteiger partial charge in [0.05, 0.1) is 12.0 Å². The van der Waals surface area contributed by atoms with Gasteiger partial charge in [0.25, 0.3) is 0 Å². The summed E-state index contributed by atoms with van der Waals surface area (Å²) < 4.78 is 6.48. The van der Waals surface area contributed by atoms with Crippen molar-refractivity contribution in [2.75, 3.05) is 6.61 Å². The van der Waals surface area contributed by atoms with Crippen LogP contribution in [0, 0.1) is 5.41 Å². The molecule has 1 aromatic rings. The molecule has 0 amide bonds. The molecular weight excluding hydrogens is 300 g/mol. The van der Waals surface area contributed by atoms with Crippen molar-refractivity contribution < 1.29 is 4.74 Å². The molecule has 0 spiro atoms. The van der Waals surface area contributed by atoms with Crippen LogP contribution in [0.4, 0.5) is 0 Å². The summed E-state index contributed by atoms with van der Waals surface area (Å²) in [6, 6.07) is 6.01. The van der Waals surface area contributed by atoms with Gasteiger partial charge in [0.1, 0.15) is 5.75 Å². The summed E-state index contributed by atoms with van der Waals surface area (Å²) in [5, 5.41) is -0.00227. The second-order valence-corrected chi connectivity index (χ2v) is 6.11. The van der Waals surface area contributed by atoms with Gasteiger partial charge in [0.2, 0.25) is 0 Å². The van der Waals surface area contributed by atoms with Crippen LogP contribution in [-0.4, -0.2) is 6.61 Å². The lowest BCUT2D eigenvalue weighted by Crippen LogP contribution is -2.17. The second-order valence-electron chi connectivity index (χ2n) is 4.82. The van der Waals surface area contributed by atoms with Crippen molar-refractivity contribution in [3.05, 3.63) is 28.2 Å². The highest BCUT2D eigenvalue weighted by atomic mass is 79.9. The van der Waals surface area contributed by atoms with Crippen molar-refractivity contribution in [1.29, 1.82) is 0 Å². The average Bonchev–Trinajstić information content (AvgIpc) is 2.29. The highest BCUT2D eigenvalue weighted by molar-refractivity contribution is 9.10. The van der Waals surface area contributed by atoms with E-state index >= 15 is 0 Å². The molecule has 0 aliphatic rings. The molecule has 1 rings (SSSR count). The summed E-state index contributed by atoms with van der Waals surface area (Å²) in [7, 11) is 0.